The van der Waals surface area contributed by atoms with E-state index in [1.54, 1.807) is 23.9 Å². The molecule has 3 heteroatoms. The average Bonchev–Trinajstić information content (AvgIpc) is 2.40. The Morgan fingerprint density at radius 1 is 1.00 bits per heavy atom. The zero-order valence-electron chi connectivity index (χ0n) is 10.1. The Hall–Kier alpha value is -1.32. The van der Waals surface area contributed by atoms with Crippen LogP contribution in [0, 0.1) is 5.82 Å². The molecule has 18 heavy (non-hydrogen) atoms. The predicted molar refractivity (Wildman–Crippen MR) is 73.3 cm³/mol. The topological polar surface area (TPSA) is 20.2 Å². The zero-order valence-corrected chi connectivity index (χ0v) is 11.0. The highest BCUT2D eigenvalue weighted by Gasteiger charge is 2.10. The number of aliphatic hydroxyl groups excluding tert-OH is 1. The van der Waals surface area contributed by atoms with Crippen molar-refractivity contribution in [1.29, 1.82) is 0 Å². The molecular formula is C15H15FOS. The van der Waals surface area contributed by atoms with Crippen molar-refractivity contribution in [2.75, 3.05) is 5.75 Å². The van der Waals surface area contributed by atoms with Crippen LogP contribution in [0.4, 0.5) is 4.39 Å². The van der Waals surface area contributed by atoms with Gasteiger partial charge in [0.1, 0.15) is 11.9 Å². The van der Waals surface area contributed by atoms with E-state index in [4.69, 9.17) is 0 Å². The van der Waals surface area contributed by atoms with Crippen molar-refractivity contribution >= 4 is 11.8 Å². The Morgan fingerprint density at radius 2 is 1.50 bits per heavy atom. The van der Waals surface area contributed by atoms with Crippen LogP contribution in [0.15, 0.2) is 53.4 Å². The lowest BCUT2D eigenvalue weighted by molar-refractivity contribution is 0.220. The monoisotopic (exact) mass is 262 g/mol. The van der Waals surface area contributed by atoms with E-state index in [0.29, 0.717) is 5.56 Å². The van der Waals surface area contributed by atoms with Crippen molar-refractivity contribution in [2.24, 2.45) is 0 Å². The molecule has 0 aliphatic rings. The molecule has 94 valence electrons. The summed E-state index contributed by atoms with van der Waals surface area (Å²) in [4.78, 5) is 1.19. The minimum absolute atomic E-state index is 0.291. The van der Waals surface area contributed by atoms with Crippen molar-refractivity contribution in [3.8, 4) is 0 Å². The van der Waals surface area contributed by atoms with Gasteiger partial charge in [-0.3, -0.25) is 0 Å². The molecule has 0 saturated carbocycles. The molecule has 0 aromatic heterocycles. The summed E-state index contributed by atoms with van der Waals surface area (Å²) in [7, 11) is 0. The molecule has 1 N–H and O–H groups in total. The van der Waals surface area contributed by atoms with Gasteiger partial charge in [-0.05, 0) is 41.1 Å². The smallest absolute Gasteiger partial charge is 0.123 e. The maximum absolute atomic E-state index is 12.8. The van der Waals surface area contributed by atoms with Gasteiger partial charge in [-0.15, -0.1) is 11.8 Å². The van der Waals surface area contributed by atoms with Crippen LogP contribution in [0.1, 0.15) is 24.2 Å². The molecule has 0 saturated heterocycles. The number of thioether (sulfide) groups is 1. The Labute approximate surface area is 111 Å². The Bertz CT molecular complexity index is 493. The molecule has 0 fully saturated rings. The van der Waals surface area contributed by atoms with Gasteiger partial charge in [-0.1, -0.05) is 31.2 Å². The van der Waals surface area contributed by atoms with Crippen molar-refractivity contribution in [2.45, 2.75) is 17.9 Å². The molecule has 0 bridgehead atoms. The van der Waals surface area contributed by atoms with Gasteiger partial charge in [0.2, 0.25) is 0 Å². The lowest BCUT2D eigenvalue weighted by Gasteiger charge is -2.12. The molecule has 0 aliphatic carbocycles. The third kappa shape index (κ3) is 3.12. The number of aliphatic hydroxyl groups is 1. The van der Waals surface area contributed by atoms with Gasteiger partial charge in [-0.25, -0.2) is 4.39 Å². The van der Waals surface area contributed by atoms with Crippen molar-refractivity contribution in [3.63, 3.8) is 0 Å². The lowest BCUT2D eigenvalue weighted by atomic mass is 10.0. The van der Waals surface area contributed by atoms with Crippen LogP contribution in [-0.2, 0) is 0 Å². The van der Waals surface area contributed by atoms with Gasteiger partial charge in [-0.2, -0.15) is 0 Å². The fraction of sp³-hybridized carbons (Fsp3) is 0.200. The van der Waals surface area contributed by atoms with Crippen molar-refractivity contribution in [3.05, 3.63) is 65.5 Å². The highest BCUT2D eigenvalue weighted by molar-refractivity contribution is 7.99. The Balaban J connectivity index is 2.17. The number of hydrogen-bond donors (Lipinski definition) is 1. The normalized spacial score (nSPS) is 12.4. The van der Waals surface area contributed by atoms with E-state index in [1.165, 1.54) is 17.0 Å². The Kier molecular flexibility index (Phi) is 4.39. The highest BCUT2D eigenvalue weighted by atomic mass is 32.2. The van der Waals surface area contributed by atoms with E-state index in [1.807, 2.05) is 24.3 Å². The number of rotatable bonds is 4. The minimum atomic E-state index is -0.703. The largest absolute Gasteiger partial charge is 0.384 e. The summed E-state index contributed by atoms with van der Waals surface area (Å²) in [6.07, 6.45) is -0.703. The SMILES string of the molecule is CCSc1ccc([C@@H](O)c2ccc(F)cc2)cc1. The third-order valence-electron chi connectivity index (χ3n) is 2.69. The van der Waals surface area contributed by atoms with Crippen molar-refractivity contribution in [1.82, 2.24) is 0 Å². The van der Waals surface area contributed by atoms with Gasteiger partial charge in [0, 0.05) is 4.90 Å². The highest BCUT2D eigenvalue weighted by Crippen LogP contribution is 2.25. The number of benzene rings is 2. The molecule has 0 aliphatic heterocycles. The van der Waals surface area contributed by atoms with E-state index in [2.05, 4.69) is 6.92 Å². The van der Waals surface area contributed by atoms with Crippen LogP contribution in [0.2, 0.25) is 0 Å². The maximum atomic E-state index is 12.8. The van der Waals surface area contributed by atoms with Crippen LogP contribution in [0.25, 0.3) is 0 Å². The first-order valence-electron chi connectivity index (χ1n) is 5.87. The minimum Gasteiger partial charge on any atom is -0.384 e. The summed E-state index contributed by atoms with van der Waals surface area (Å²) in [6, 6.07) is 13.7. The summed E-state index contributed by atoms with van der Waals surface area (Å²) >= 11 is 1.76. The number of hydrogen-bond acceptors (Lipinski definition) is 2. The second kappa shape index (κ2) is 6.03. The summed E-state index contributed by atoms with van der Waals surface area (Å²) in [6.45, 7) is 2.10. The molecule has 2 aromatic carbocycles. The molecule has 1 atom stereocenters. The predicted octanol–water partition coefficient (Wildman–Crippen LogP) is 4.02. The van der Waals surface area contributed by atoms with E-state index in [-0.39, 0.29) is 5.82 Å². The fourth-order valence-electron chi connectivity index (χ4n) is 1.75. The van der Waals surface area contributed by atoms with Crippen LogP contribution in [-0.4, -0.2) is 10.9 Å². The molecule has 0 unspecified atom stereocenters. The van der Waals surface area contributed by atoms with E-state index in [0.717, 1.165) is 11.3 Å². The van der Waals surface area contributed by atoms with Crippen molar-refractivity contribution < 1.29 is 9.50 Å². The van der Waals surface area contributed by atoms with Gasteiger partial charge < -0.3 is 5.11 Å². The maximum Gasteiger partial charge on any atom is 0.123 e. The standard InChI is InChI=1S/C15H15FOS/c1-2-18-14-9-5-12(6-10-14)15(17)11-3-7-13(16)8-4-11/h3-10,15,17H,2H2,1H3/t15-/m0/s1. The molecule has 0 amide bonds. The average molecular weight is 262 g/mol. The second-order valence-corrected chi connectivity index (χ2v) is 5.29. The summed E-state index contributed by atoms with van der Waals surface area (Å²) in [5, 5.41) is 10.2. The van der Waals surface area contributed by atoms with Crippen LogP contribution in [0.3, 0.4) is 0 Å². The molecular weight excluding hydrogens is 247 g/mol. The van der Waals surface area contributed by atoms with Gasteiger partial charge in [0.05, 0.1) is 0 Å². The number of halogens is 1. The summed E-state index contributed by atoms with van der Waals surface area (Å²) < 4.78 is 12.8. The third-order valence-corrected chi connectivity index (χ3v) is 3.59. The molecule has 0 spiro atoms. The molecule has 1 nitrogen and oxygen atoms in total. The summed E-state index contributed by atoms with van der Waals surface area (Å²) in [5.74, 6) is 0.737. The first-order chi connectivity index (χ1) is 8.70. The van der Waals surface area contributed by atoms with Crippen LogP contribution < -0.4 is 0 Å². The first-order valence-corrected chi connectivity index (χ1v) is 6.85. The fourth-order valence-corrected chi connectivity index (χ4v) is 2.41. The Morgan fingerprint density at radius 3 is 2.00 bits per heavy atom. The molecule has 0 radical (unpaired) electrons. The summed E-state index contributed by atoms with van der Waals surface area (Å²) in [5.41, 5.74) is 1.52. The van der Waals surface area contributed by atoms with Gasteiger partial charge in [0.25, 0.3) is 0 Å². The first kappa shape index (κ1) is 13.1. The van der Waals surface area contributed by atoms with E-state index >= 15 is 0 Å². The van der Waals surface area contributed by atoms with E-state index in [9.17, 15) is 9.50 Å². The zero-order chi connectivity index (χ0) is 13.0. The van der Waals surface area contributed by atoms with Crippen LogP contribution in [0.5, 0.6) is 0 Å². The van der Waals surface area contributed by atoms with Gasteiger partial charge in [0.15, 0.2) is 0 Å². The lowest BCUT2D eigenvalue weighted by Crippen LogP contribution is -1.99. The quantitative estimate of drug-likeness (QED) is 0.840. The van der Waals surface area contributed by atoms with Gasteiger partial charge >= 0.3 is 0 Å². The van der Waals surface area contributed by atoms with Crippen LogP contribution >= 0.6 is 11.8 Å². The molecule has 2 aromatic rings. The van der Waals surface area contributed by atoms with E-state index < -0.39 is 6.10 Å². The second-order valence-electron chi connectivity index (χ2n) is 3.96. The molecule has 0 heterocycles. The molecule has 2 rings (SSSR count).